The highest BCUT2D eigenvalue weighted by Gasteiger charge is 2.22. The lowest BCUT2D eigenvalue weighted by atomic mass is 10.1. The highest BCUT2D eigenvalue weighted by atomic mass is 31.2. The molecule has 0 aromatic rings. The first-order chi connectivity index (χ1) is 17.5. The monoisotopic (exact) mass is 544 g/mol. The van der Waals surface area contributed by atoms with Crippen LogP contribution >= 0.6 is 7.82 Å². The van der Waals surface area contributed by atoms with Crippen molar-refractivity contribution >= 4 is 13.7 Å². The van der Waals surface area contributed by atoms with E-state index in [9.17, 15) is 19.4 Å². The van der Waals surface area contributed by atoms with Gasteiger partial charge in [0.1, 0.15) is 13.2 Å². The van der Waals surface area contributed by atoms with Crippen LogP contribution in [0.3, 0.4) is 0 Å². The Bertz CT molecular complexity index is 718. The number of hydrogen-bond acceptors (Lipinski definition) is 6. The Hall–Kier alpha value is -1.28. The number of phosphoric acid groups is 1. The average Bonchev–Trinajstić information content (AvgIpc) is 2.81. The maximum atomic E-state index is 12.1. The standard InChI is InChI=1S/C28H53N2O6P/c1-6-8-9-10-11-12-13-14-15-16-17-18-19-20-22-27(31)26(29-28(32)21-7-2)25-36-37(33,34)35-24-23-30(3,4)5/h12-13,16-17,20,22,26-27,31H,6-11,14-15,18-19,21,23-25H2,1-5H3,(H-,29,32,33,34)/b13-12+,17-16+,22-20+. The lowest BCUT2D eigenvalue weighted by Gasteiger charge is -2.29. The minimum atomic E-state index is -4.55. The van der Waals surface area contributed by atoms with Crippen LogP contribution in [0.4, 0.5) is 0 Å². The van der Waals surface area contributed by atoms with E-state index in [-0.39, 0.29) is 18.9 Å². The maximum Gasteiger partial charge on any atom is 0.268 e. The number of aliphatic hydroxyl groups excluding tert-OH is 1. The number of carbonyl (C=O) groups excluding carboxylic acids is 1. The second-order valence-corrected chi connectivity index (χ2v) is 11.8. The molecule has 0 fully saturated rings. The molecule has 8 nitrogen and oxygen atoms in total. The quantitative estimate of drug-likeness (QED) is 0.0808. The van der Waals surface area contributed by atoms with E-state index in [0.717, 1.165) is 32.1 Å². The third kappa shape index (κ3) is 23.6. The van der Waals surface area contributed by atoms with Crippen LogP contribution in [0.25, 0.3) is 0 Å². The molecule has 2 N–H and O–H groups in total. The van der Waals surface area contributed by atoms with Crippen molar-refractivity contribution in [3.63, 3.8) is 0 Å². The molecule has 216 valence electrons. The Morgan fingerprint density at radius 2 is 1.51 bits per heavy atom. The van der Waals surface area contributed by atoms with Crippen molar-refractivity contribution in [1.82, 2.24) is 5.32 Å². The molecular weight excluding hydrogens is 491 g/mol. The lowest BCUT2D eigenvalue weighted by molar-refractivity contribution is -0.870. The molecule has 0 aliphatic rings. The highest BCUT2D eigenvalue weighted by molar-refractivity contribution is 7.45. The molecular formula is C28H53N2O6P. The minimum absolute atomic E-state index is 0.0115. The van der Waals surface area contributed by atoms with Gasteiger partial charge in [-0.2, -0.15) is 0 Å². The Labute approximate surface area is 226 Å². The summed E-state index contributed by atoms with van der Waals surface area (Å²) in [5.74, 6) is -0.270. The fourth-order valence-corrected chi connectivity index (χ4v) is 4.01. The molecule has 0 aromatic heterocycles. The number of unbranched alkanes of at least 4 members (excludes halogenated alkanes) is 6. The predicted molar refractivity (Wildman–Crippen MR) is 150 cm³/mol. The zero-order chi connectivity index (χ0) is 28.0. The summed E-state index contributed by atoms with van der Waals surface area (Å²) in [5, 5.41) is 13.2. The van der Waals surface area contributed by atoms with Gasteiger partial charge in [-0.25, -0.2) is 0 Å². The number of rotatable bonds is 23. The van der Waals surface area contributed by atoms with Crippen molar-refractivity contribution in [2.24, 2.45) is 0 Å². The first-order valence-electron chi connectivity index (χ1n) is 13.9. The van der Waals surface area contributed by atoms with Crippen LogP contribution in [-0.2, 0) is 18.4 Å². The van der Waals surface area contributed by atoms with E-state index in [1.54, 1.807) is 6.08 Å². The van der Waals surface area contributed by atoms with Gasteiger partial charge >= 0.3 is 0 Å². The van der Waals surface area contributed by atoms with Crippen LogP contribution in [-0.4, -0.2) is 68.5 Å². The van der Waals surface area contributed by atoms with E-state index >= 15 is 0 Å². The Balaban J connectivity index is 4.49. The fraction of sp³-hybridized carbons (Fsp3) is 0.750. The number of nitrogens with zero attached hydrogens (tertiary/aromatic N) is 1. The molecule has 0 spiro atoms. The number of carbonyl (C=O) groups is 1. The fourth-order valence-electron chi connectivity index (χ4n) is 3.28. The van der Waals surface area contributed by atoms with Crippen molar-refractivity contribution in [2.45, 2.75) is 96.6 Å². The summed E-state index contributed by atoms with van der Waals surface area (Å²) in [7, 11) is 1.22. The van der Waals surface area contributed by atoms with E-state index in [4.69, 9.17) is 9.05 Å². The first-order valence-corrected chi connectivity index (χ1v) is 15.3. The van der Waals surface area contributed by atoms with Gasteiger partial charge in [0.25, 0.3) is 7.82 Å². The molecule has 9 heteroatoms. The molecule has 0 radical (unpaired) electrons. The molecule has 0 saturated carbocycles. The lowest BCUT2D eigenvalue weighted by Crippen LogP contribution is -2.45. The molecule has 0 rings (SSSR count). The molecule has 1 amide bonds. The van der Waals surface area contributed by atoms with Crippen molar-refractivity contribution < 1.29 is 32.9 Å². The number of allylic oxidation sites excluding steroid dienone is 5. The first kappa shape index (κ1) is 35.7. The summed E-state index contributed by atoms with van der Waals surface area (Å²) in [4.78, 5) is 24.2. The maximum absolute atomic E-state index is 12.1. The average molecular weight is 545 g/mol. The summed E-state index contributed by atoms with van der Waals surface area (Å²) in [6, 6.07) is -0.899. The summed E-state index contributed by atoms with van der Waals surface area (Å²) < 4.78 is 22.5. The molecule has 0 aliphatic heterocycles. The van der Waals surface area contributed by atoms with Gasteiger partial charge in [0.05, 0.1) is 39.9 Å². The molecule has 0 aromatic carbocycles. The number of likely N-dealkylation sites (N-methyl/N-ethyl adjacent to an activating group) is 1. The van der Waals surface area contributed by atoms with Crippen LogP contribution in [0.5, 0.6) is 0 Å². The molecule has 3 atom stereocenters. The van der Waals surface area contributed by atoms with Crippen LogP contribution in [0.2, 0.25) is 0 Å². The number of nitrogens with one attached hydrogen (secondary N) is 1. The zero-order valence-corrected chi connectivity index (χ0v) is 24.8. The van der Waals surface area contributed by atoms with Gasteiger partial charge in [-0.1, -0.05) is 69.6 Å². The van der Waals surface area contributed by atoms with E-state index < -0.39 is 26.6 Å². The minimum Gasteiger partial charge on any atom is -0.756 e. The van der Waals surface area contributed by atoms with Crippen molar-refractivity contribution in [1.29, 1.82) is 0 Å². The smallest absolute Gasteiger partial charge is 0.268 e. The van der Waals surface area contributed by atoms with E-state index in [1.807, 2.05) is 34.1 Å². The van der Waals surface area contributed by atoms with E-state index in [2.05, 4.69) is 36.5 Å². The van der Waals surface area contributed by atoms with Crippen LogP contribution < -0.4 is 10.2 Å². The Morgan fingerprint density at radius 1 is 0.919 bits per heavy atom. The molecule has 0 bridgehead atoms. The number of quaternary nitrogens is 1. The summed E-state index contributed by atoms with van der Waals surface area (Å²) >= 11 is 0. The number of aliphatic hydroxyl groups is 1. The van der Waals surface area contributed by atoms with Gasteiger partial charge in [-0.15, -0.1) is 0 Å². The van der Waals surface area contributed by atoms with Crippen molar-refractivity contribution in [3.8, 4) is 0 Å². The zero-order valence-electron chi connectivity index (χ0n) is 23.9. The highest BCUT2D eigenvalue weighted by Crippen LogP contribution is 2.38. The van der Waals surface area contributed by atoms with Crippen LogP contribution in [0, 0.1) is 0 Å². The third-order valence-corrected chi connectivity index (χ3v) is 6.51. The van der Waals surface area contributed by atoms with Gasteiger partial charge in [-0.3, -0.25) is 9.36 Å². The van der Waals surface area contributed by atoms with Gasteiger partial charge in [0, 0.05) is 6.42 Å². The van der Waals surface area contributed by atoms with Gasteiger partial charge < -0.3 is 28.8 Å². The second-order valence-electron chi connectivity index (χ2n) is 10.4. The Morgan fingerprint density at radius 3 is 2.08 bits per heavy atom. The second kappa shape index (κ2) is 21.6. The van der Waals surface area contributed by atoms with Crippen molar-refractivity contribution in [2.75, 3.05) is 40.9 Å². The van der Waals surface area contributed by atoms with Crippen molar-refractivity contribution in [3.05, 3.63) is 36.5 Å². The van der Waals surface area contributed by atoms with Gasteiger partial charge in [0.15, 0.2) is 0 Å². The molecule has 0 aliphatic carbocycles. The largest absolute Gasteiger partial charge is 0.756 e. The van der Waals surface area contributed by atoms with Gasteiger partial charge in [-0.05, 0) is 44.9 Å². The van der Waals surface area contributed by atoms with Gasteiger partial charge in [0.2, 0.25) is 5.91 Å². The molecule has 3 unspecified atom stereocenters. The van der Waals surface area contributed by atoms with E-state index in [1.165, 1.54) is 25.7 Å². The Kier molecular flexibility index (Phi) is 20.9. The molecule has 0 saturated heterocycles. The molecule has 0 heterocycles. The van der Waals surface area contributed by atoms with Crippen LogP contribution in [0.1, 0.15) is 84.5 Å². The topological polar surface area (TPSA) is 108 Å². The predicted octanol–water partition coefficient (Wildman–Crippen LogP) is 5.04. The van der Waals surface area contributed by atoms with E-state index in [0.29, 0.717) is 17.4 Å². The SMILES string of the molecule is CCCCCC/C=C/CC/C=C/CC/C=C/C(O)C(COP(=O)([O-])OCC[N+](C)(C)C)NC(=O)CCC. The third-order valence-electron chi connectivity index (χ3n) is 5.55. The summed E-state index contributed by atoms with van der Waals surface area (Å²) in [6.45, 7) is 4.16. The molecule has 37 heavy (non-hydrogen) atoms. The summed E-state index contributed by atoms with van der Waals surface area (Å²) in [6.07, 6.45) is 22.0. The number of amides is 1. The number of hydrogen-bond donors (Lipinski definition) is 2. The normalized spacial score (nSPS) is 16.0. The summed E-state index contributed by atoms with van der Waals surface area (Å²) in [5.41, 5.74) is 0. The van der Waals surface area contributed by atoms with Crippen LogP contribution in [0.15, 0.2) is 36.5 Å². The number of phosphoric ester groups is 1.